The zero-order chi connectivity index (χ0) is 13.1. The fraction of sp³-hybridized carbons (Fsp3) is 0.214. The molecule has 0 bridgehead atoms. The highest BCUT2D eigenvalue weighted by Gasteiger charge is 2.08. The Bertz CT molecular complexity index is 577. The van der Waals surface area contributed by atoms with E-state index in [2.05, 4.69) is 21.2 Å². The smallest absolute Gasteiger partial charge is 0.251 e. The number of rotatable bonds is 3. The third-order valence-corrected chi connectivity index (χ3v) is 4.80. The Morgan fingerprint density at radius 3 is 2.67 bits per heavy atom. The lowest BCUT2D eigenvalue weighted by atomic mass is 10.1. The Kier molecular flexibility index (Phi) is 4.19. The lowest BCUT2D eigenvalue weighted by Gasteiger charge is -2.06. The van der Waals surface area contributed by atoms with Crippen LogP contribution in [0.15, 0.2) is 34.1 Å². The number of carbonyl (C=O) groups excluding carboxylic acids is 1. The molecule has 0 aliphatic carbocycles. The predicted molar refractivity (Wildman–Crippen MR) is 79.1 cm³/mol. The number of amides is 1. The molecule has 0 radical (unpaired) electrons. The summed E-state index contributed by atoms with van der Waals surface area (Å²) >= 11 is 5.08. The molecule has 4 heteroatoms. The van der Waals surface area contributed by atoms with Crippen molar-refractivity contribution in [1.82, 2.24) is 5.32 Å². The molecule has 0 spiro atoms. The standard InChI is InChI=1S/C14H14BrNOS/c1-9-3-4-11(7-10(9)2)14(17)16-8-13-12(15)5-6-18-13/h3-7H,8H2,1-2H3,(H,16,17). The second-order valence-corrected chi connectivity index (χ2v) is 6.03. The van der Waals surface area contributed by atoms with Gasteiger partial charge >= 0.3 is 0 Å². The molecule has 94 valence electrons. The first kappa shape index (κ1) is 13.3. The largest absolute Gasteiger partial charge is 0.347 e. The van der Waals surface area contributed by atoms with E-state index in [4.69, 9.17) is 0 Å². The van der Waals surface area contributed by atoms with Crippen LogP contribution in [0.1, 0.15) is 26.4 Å². The molecule has 0 saturated carbocycles. The quantitative estimate of drug-likeness (QED) is 0.906. The fourth-order valence-corrected chi connectivity index (χ4v) is 3.03. The van der Waals surface area contributed by atoms with Gasteiger partial charge in [0.15, 0.2) is 0 Å². The van der Waals surface area contributed by atoms with Gasteiger partial charge in [0.1, 0.15) is 0 Å². The van der Waals surface area contributed by atoms with Gasteiger partial charge in [0.05, 0.1) is 6.54 Å². The van der Waals surface area contributed by atoms with Crippen molar-refractivity contribution in [3.63, 3.8) is 0 Å². The molecule has 0 aliphatic rings. The van der Waals surface area contributed by atoms with Crippen LogP contribution in [0.5, 0.6) is 0 Å². The van der Waals surface area contributed by atoms with Gasteiger partial charge in [0.2, 0.25) is 0 Å². The Morgan fingerprint density at radius 1 is 1.28 bits per heavy atom. The molecule has 0 fully saturated rings. The van der Waals surface area contributed by atoms with Gasteiger partial charge in [-0.1, -0.05) is 6.07 Å². The molecule has 2 aromatic rings. The molecule has 1 aromatic carbocycles. The van der Waals surface area contributed by atoms with Gasteiger partial charge in [-0.05, 0) is 64.5 Å². The predicted octanol–water partition coefficient (Wildman–Crippen LogP) is 4.06. The minimum atomic E-state index is -0.0293. The first-order valence-corrected chi connectivity index (χ1v) is 7.32. The molecule has 1 N–H and O–H groups in total. The number of aryl methyl sites for hydroxylation is 2. The molecule has 0 atom stereocenters. The number of halogens is 1. The maximum Gasteiger partial charge on any atom is 0.251 e. The Labute approximate surface area is 119 Å². The van der Waals surface area contributed by atoms with E-state index in [1.54, 1.807) is 11.3 Å². The third-order valence-electron chi connectivity index (χ3n) is 2.87. The van der Waals surface area contributed by atoms with Gasteiger partial charge in [-0.3, -0.25) is 4.79 Å². The zero-order valence-corrected chi connectivity index (χ0v) is 12.7. The molecule has 1 heterocycles. The van der Waals surface area contributed by atoms with Gasteiger partial charge in [0.25, 0.3) is 5.91 Å². The maximum absolute atomic E-state index is 12.0. The van der Waals surface area contributed by atoms with Crippen LogP contribution in [0, 0.1) is 13.8 Å². The fourth-order valence-electron chi connectivity index (χ4n) is 1.60. The summed E-state index contributed by atoms with van der Waals surface area (Å²) in [6, 6.07) is 7.75. The molecule has 0 unspecified atom stereocenters. The van der Waals surface area contributed by atoms with Gasteiger partial charge in [-0.2, -0.15) is 0 Å². The van der Waals surface area contributed by atoms with E-state index >= 15 is 0 Å². The van der Waals surface area contributed by atoms with E-state index in [1.807, 2.05) is 43.5 Å². The van der Waals surface area contributed by atoms with Crippen molar-refractivity contribution < 1.29 is 4.79 Å². The molecular formula is C14H14BrNOS. The molecule has 2 nitrogen and oxygen atoms in total. The summed E-state index contributed by atoms with van der Waals surface area (Å²) in [5.74, 6) is -0.0293. The highest BCUT2D eigenvalue weighted by molar-refractivity contribution is 9.10. The van der Waals surface area contributed by atoms with Crippen LogP contribution < -0.4 is 5.32 Å². The van der Waals surface area contributed by atoms with Crippen LogP contribution >= 0.6 is 27.3 Å². The molecule has 18 heavy (non-hydrogen) atoms. The first-order valence-electron chi connectivity index (χ1n) is 5.65. The normalized spacial score (nSPS) is 10.4. The van der Waals surface area contributed by atoms with Crippen molar-refractivity contribution in [3.05, 3.63) is 55.7 Å². The van der Waals surface area contributed by atoms with Crippen LogP contribution in [0.2, 0.25) is 0 Å². The summed E-state index contributed by atoms with van der Waals surface area (Å²) in [6.07, 6.45) is 0. The number of nitrogens with one attached hydrogen (secondary N) is 1. The lowest BCUT2D eigenvalue weighted by molar-refractivity contribution is 0.0951. The van der Waals surface area contributed by atoms with E-state index in [0.29, 0.717) is 12.1 Å². The number of hydrogen-bond donors (Lipinski definition) is 1. The number of carbonyl (C=O) groups is 1. The van der Waals surface area contributed by atoms with Crippen LogP contribution in [-0.4, -0.2) is 5.91 Å². The molecule has 0 saturated heterocycles. The van der Waals surface area contributed by atoms with Crippen molar-refractivity contribution in [1.29, 1.82) is 0 Å². The summed E-state index contributed by atoms with van der Waals surface area (Å²) in [6.45, 7) is 4.62. The maximum atomic E-state index is 12.0. The topological polar surface area (TPSA) is 29.1 Å². The zero-order valence-electron chi connectivity index (χ0n) is 10.3. The highest BCUT2D eigenvalue weighted by atomic mass is 79.9. The second-order valence-electron chi connectivity index (χ2n) is 4.17. The summed E-state index contributed by atoms with van der Waals surface area (Å²) < 4.78 is 1.05. The van der Waals surface area contributed by atoms with Gasteiger partial charge in [-0.25, -0.2) is 0 Å². The van der Waals surface area contributed by atoms with Crippen molar-refractivity contribution in [2.45, 2.75) is 20.4 Å². The van der Waals surface area contributed by atoms with E-state index < -0.39 is 0 Å². The first-order chi connectivity index (χ1) is 8.58. The number of hydrogen-bond acceptors (Lipinski definition) is 2. The van der Waals surface area contributed by atoms with Crippen molar-refractivity contribution in [3.8, 4) is 0 Å². The van der Waals surface area contributed by atoms with E-state index in [1.165, 1.54) is 5.56 Å². The minimum absolute atomic E-state index is 0.0293. The summed E-state index contributed by atoms with van der Waals surface area (Å²) in [7, 11) is 0. The average molecular weight is 324 g/mol. The second kappa shape index (κ2) is 5.67. The molecule has 2 rings (SSSR count). The SMILES string of the molecule is Cc1ccc(C(=O)NCc2sccc2Br)cc1C. The Morgan fingerprint density at radius 2 is 2.06 bits per heavy atom. The summed E-state index contributed by atoms with van der Waals surface area (Å²) in [5, 5.41) is 4.93. The molecule has 1 aromatic heterocycles. The highest BCUT2D eigenvalue weighted by Crippen LogP contribution is 2.22. The van der Waals surface area contributed by atoms with Crippen LogP contribution in [0.4, 0.5) is 0 Å². The van der Waals surface area contributed by atoms with Crippen LogP contribution in [-0.2, 0) is 6.54 Å². The number of thiophene rings is 1. The minimum Gasteiger partial charge on any atom is -0.347 e. The van der Waals surface area contributed by atoms with Gasteiger partial charge in [0, 0.05) is 14.9 Å². The van der Waals surface area contributed by atoms with Crippen molar-refractivity contribution in [2.24, 2.45) is 0 Å². The van der Waals surface area contributed by atoms with Crippen LogP contribution in [0.25, 0.3) is 0 Å². The lowest BCUT2D eigenvalue weighted by Crippen LogP contribution is -2.22. The molecular weight excluding hydrogens is 310 g/mol. The Balaban J connectivity index is 2.04. The monoisotopic (exact) mass is 323 g/mol. The third kappa shape index (κ3) is 3.00. The van der Waals surface area contributed by atoms with E-state index in [-0.39, 0.29) is 5.91 Å². The van der Waals surface area contributed by atoms with Gasteiger partial charge < -0.3 is 5.32 Å². The van der Waals surface area contributed by atoms with Crippen molar-refractivity contribution in [2.75, 3.05) is 0 Å². The Hall–Kier alpha value is -1.13. The number of benzene rings is 1. The average Bonchev–Trinajstić information content (AvgIpc) is 2.75. The summed E-state index contributed by atoms with van der Waals surface area (Å²) in [4.78, 5) is 13.1. The van der Waals surface area contributed by atoms with Crippen LogP contribution in [0.3, 0.4) is 0 Å². The summed E-state index contributed by atoms with van der Waals surface area (Å²) in [5.41, 5.74) is 3.05. The molecule has 1 amide bonds. The molecule has 0 aliphatic heterocycles. The van der Waals surface area contributed by atoms with E-state index in [0.717, 1.165) is 14.9 Å². The van der Waals surface area contributed by atoms with Crippen molar-refractivity contribution >= 4 is 33.2 Å². The van der Waals surface area contributed by atoms with Gasteiger partial charge in [-0.15, -0.1) is 11.3 Å². The van der Waals surface area contributed by atoms with E-state index in [9.17, 15) is 4.79 Å².